The van der Waals surface area contributed by atoms with Crippen molar-refractivity contribution in [2.24, 2.45) is 4.99 Å². The Balaban J connectivity index is 2.21. The van der Waals surface area contributed by atoms with Gasteiger partial charge in [0.1, 0.15) is 5.75 Å². The van der Waals surface area contributed by atoms with E-state index in [1.807, 2.05) is 79.7 Å². The molecule has 0 saturated heterocycles. The number of para-hydroxylation sites is 2. The highest BCUT2D eigenvalue weighted by Crippen LogP contribution is 2.25. The molecule has 0 heterocycles. The van der Waals surface area contributed by atoms with E-state index in [1.165, 1.54) is 0 Å². The third kappa shape index (κ3) is 2.91. The molecule has 0 aliphatic carbocycles. The van der Waals surface area contributed by atoms with Crippen LogP contribution in [0.1, 0.15) is 16.7 Å². The van der Waals surface area contributed by atoms with Crippen molar-refractivity contribution < 1.29 is 5.11 Å². The van der Waals surface area contributed by atoms with E-state index in [-0.39, 0.29) is 5.75 Å². The second-order valence-corrected chi connectivity index (χ2v) is 5.13. The fourth-order valence-electron chi connectivity index (χ4n) is 2.36. The predicted octanol–water partition coefficient (Wildman–Crippen LogP) is 4.87. The maximum absolute atomic E-state index is 10.2. The van der Waals surface area contributed by atoms with Gasteiger partial charge in [-0.15, -0.1) is 0 Å². The quantitative estimate of drug-likeness (QED) is 0.685. The maximum atomic E-state index is 10.2. The fraction of sp³-hybridized carbons (Fsp3) is 0.0500. The van der Waals surface area contributed by atoms with Crippen LogP contribution in [-0.2, 0) is 0 Å². The van der Waals surface area contributed by atoms with Crippen molar-refractivity contribution in [1.82, 2.24) is 0 Å². The zero-order valence-corrected chi connectivity index (χ0v) is 12.4. The summed E-state index contributed by atoms with van der Waals surface area (Å²) < 4.78 is 0. The van der Waals surface area contributed by atoms with E-state index in [0.717, 1.165) is 28.1 Å². The molecule has 1 N–H and O–H groups in total. The highest BCUT2D eigenvalue weighted by molar-refractivity contribution is 6.15. The van der Waals surface area contributed by atoms with Gasteiger partial charge in [0.15, 0.2) is 0 Å². The molecule has 0 radical (unpaired) electrons. The molecule has 0 fully saturated rings. The van der Waals surface area contributed by atoms with Gasteiger partial charge in [0.05, 0.1) is 11.4 Å². The van der Waals surface area contributed by atoms with Crippen molar-refractivity contribution >= 4 is 11.4 Å². The number of phenolic OH excluding ortho intramolecular Hbond substituents is 1. The molecule has 0 aromatic heterocycles. The Hall–Kier alpha value is -2.87. The van der Waals surface area contributed by atoms with Crippen LogP contribution >= 0.6 is 0 Å². The number of aryl methyl sites for hydroxylation is 1. The largest absolute Gasteiger partial charge is 0.507 e. The van der Waals surface area contributed by atoms with Crippen molar-refractivity contribution in [2.75, 3.05) is 0 Å². The van der Waals surface area contributed by atoms with Gasteiger partial charge in [0.25, 0.3) is 0 Å². The Kier molecular flexibility index (Phi) is 4.01. The third-order valence-electron chi connectivity index (χ3n) is 3.55. The molecule has 3 rings (SSSR count). The van der Waals surface area contributed by atoms with Crippen LogP contribution in [0, 0.1) is 6.92 Å². The van der Waals surface area contributed by atoms with E-state index in [9.17, 15) is 5.11 Å². The lowest BCUT2D eigenvalue weighted by atomic mass is 10.0. The number of nitrogens with zero attached hydrogens (tertiary/aromatic N) is 1. The van der Waals surface area contributed by atoms with E-state index >= 15 is 0 Å². The summed E-state index contributed by atoms with van der Waals surface area (Å²) >= 11 is 0. The summed E-state index contributed by atoms with van der Waals surface area (Å²) in [5.41, 5.74) is 4.49. The molecule has 0 atom stereocenters. The summed E-state index contributed by atoms with van der Waals surface area (Å²) in [5.74, 6) is 0.235. The maximum Gasteiger partial charge on any atom is 0.124 e. The fourth-order valence-corrected chi connectivity index (χ4v) is 2.36. The van der Waals surface area contributed by atoms with Crippen molar-refractivity contribution in [3.05, 3.63) is 95.6 Å². The minimum atomic E-state index is 0.235. The van der Waals surface area contributed by atoms with Gasteiger partial charge in [-0.05, 0) is 30.7 Å². The van der Waals surface area contributed by atoms with Crippen LogP contribution in [0.2, 0.25) is 0 Å². The molecule has 108 valence electrons. The lowest BCUT2D eigenvalue weighted by Gasteiger charge is -2.10. The summed E-state index contributed by atoms with van der Waals surface area (Å²) in [5, 5.41) is 10.2. The zero-order chi connectivity index (χ0) is 15.4. The van der Waals surface area contributed by atoms with E-state index in [4.69, 9.17) is 4.99 Å². The van der Waals surface area contributed by atoms with Crippen molar-refractivity contribution in [3.8, 4) is 5.75 Å². The molecule has 0 bridgehead atoms. The van der Waals surface area contributed by atoms with E-state index in [0.29, 0.717) is 0 Å². The normalized spacial score (nSPS) is 11.4. The number of benzene rings is 3. The first-order valence-corrected chi connectivity index (χ1v) is 7.24. The van der Waals surface area contributed by atoms with Gasteiger partial charge in [-0.3, -0.25) is 0 Å². The molecule has 3 aromatic carbocycles. The standard InChI is InChI=1S/C20H17NO/c1-15-9-5-7-13-18(15)21-20(16-10-3-2-4-11-16)17-12-6-8-14-19(17)22/h2-14,22H,1H3/b21-20+. The topological polar surface area (TPSA) is 32.6 Å². The smallest absolute Gasteiger partial charge is 0.124 e. The van der Waals surface area contributed by atoms with Crippen LogP contribution in [0.5, 0.6) is 5.75 Å². The van der Waals surface area contributed by atoms with E-state index < -0.39 is 0 Å². The lowest BCUT2D eigenvalue weighted by molar-refractivity contribution is 0.474. The Morgan fingerprint density at radius 3 is 2.14 bits per heavy atom. The van der Waals surface area contributed by atoms with Gasteiger partial charge in [-0.25, -0.2) is 4.99 Å². The van der Waals surface area contributed by atoms with E-state index in [2.05, 4.69) is 0 Å². The molecule has 0 spiro atoms. The van der Waals surface area contributed by atoms with Crippen LogP contribution in [0.15, 0.2) is 83.9 Å². The average molecular weight is 287 g/mol. The van der Waals surface area contributed by atoms with Crippen molar-refractivity contribution in [2.45, 2.75) is 6.92 Å². The molecule has 3 aromatic rings. The summed E-state index contributed by atoms with van der Waals surface area (Å²) in [6.45, 7) is 2.03. The molecule has 0 amide bonds. The molecule has 0 aliphatic rings. The summed E-state index contributed by atoms with van der Waals surface area (Å²) in [4.78, 5) is 4.82. The minimum Gasteiger partial charge on any atom is -0.507 e. The molecular formula is C20H17NO. The monoisotopic (exact) mass is 287 g/mol. The summed E-state index contributed by atoms with van der Waals surface area (Å²) in [7, 11) is 0. The highest BCUT2D eigenvalue weighted by atomic mass is 16.3. The first kappa shape index (κ1) is 14.1. The average Bonchev–Trinajstić information content (AvgIpc) is 2.56. The van der Waals surface area contributed by atoms with Gasteiger partial charge in [0.2, 0.25) is 0 Å². The Labute approximate surface area is 130 Å². The van der Waals surface area contributed by atoms with E-state index in [1.54, 1.807) is 6.07 Å². The van der Waals surface area contributed by atoms with Gasteiger partial charge in [-0.1, -0.05) is 60.7 Å². The lowest BCUT2D eigenvalue weighted by Crippen LogP contribution is -2.03. The first-order chi connectivity index (χ1) is 10.8. The van der Waals surface area contributed by atoms with Gasteiger partial charge in [-0.2, -0.15) is 0 Å². The van der Waals surface area contributed by atoms with Crippen LogP contribution in [-0.4, -0.2) is 10.8 Å². The SMILES string of the molecule is Cc1ccccc1/N=C(\c1ccccc1)c1ccccc1O. The summed E-state index contributed by atoms with van der Waals surface area (Å²) in [6.07, 6.45) is 0. The molecule has 0 aliphatic heterocycles. The molecular weight excluding hydrogens is 270 g/mol. The number of aromatic hydroxyl groups is 1. The van der Waals surface area contributed by atoms with Crippen molar-refractivity contribution in [3.63, 3.8) is 0 Å². The second kappa shape index (κ2) is 6.27. The van der Waals surface area contributed by atoms with Crippen LogP contribution < -0.4 is 0 Å². The van der Waals surface area contributed by atoms with Crippen molar-refractivity contribution in [1.29, 1.82) is 0 Å². The van der Waals surface area contributed by atoms with Crippen LogP contribution in [0.3, 0.4) is 0 Å². The number of hydrogen-bond donors (Lipinski definition) is 1. The molecule has 2 heteroatoms. The number of rotatable bonds is 3. The van der Waals surface area contributed by atoms with Gasteiger partial charge in [0, 0.05) is 11.1 Å². The molecule has 22 heavy (non-hydrogen) atoms. The predicted molar refractivity (Wildman–Crippen MR) is 91.0 cm³/mol. The second-order valence-electron chi connectivity index (χ2n) is 5.13. The highest BCUT2D eigenvalue weighted by Gasteiger charge is 2.11. The van der Waals surface area contributed by atoms with Crippen LogP contribution in [0.25, 0.3) is 0 Å². The summed E-state index contributed by atoms with van der Waals surface area (Å²) in [6, 6.07) is 25.2. The third-order valence-corrected chi connectivity index (χ3v) is 3.55. The molecule has 0 saturated carbocycles. The molecule has 2 nitrogen and oxygen atoms in total. The first-order valence-electron chi connectivity index (χ1n) is 7.24. The number of aliphatic imine (C=N–C) groups is 1. The number of hydrogen-bond acceptors (Lipinski definition) is 2. The Morgan fingerprint density at radius 2 is 1.41 bits per heavy atom. The van der Waals surface area contributed by atoms with Gasteiger partial charge < -0.3 is 5.11 Å². The Morgan fingerprint density at radius 1 is 0.773 bits per heavy atom. The number of phenols is 1. The Bertz CT molecular complexity index is 807. The molecule has 0 unspecified atom stereocenters. The van der Waals surface area contributed by atoms with Crippen LogP contribution in [0.4, 0.5) is 5.69 Å². The van der Waals surface area contributed by atoms with Gasteiger partial charge >= 0.3 is 0 Å². The minimum absolute atomic E-state index is 0.235. The zero-order valence-electron chi connectivity index (χ0n) is 12.4.